The van der Waals surface area contributed by atoms with E-state index in [2.05, 4.69) is 83.3 Å². The van der Waals surface area contributed by atoms with Gasteiger partial charge in [-0.25, -0.2) is 0 Å². The van der Waals surface area contributed by atoms with Gasteiger partial charge in [-0.1, -0.05) is 89.3 Å². The van der Waals surface area contributed by atoms with E-state index < -0.39 is 0 Å². The van der Waals surface area contributed by atoms with E-state index in [0.717, 1.165) is 34.7 Å². The quantitative estimate of drug-likeness (QED) is 0.246. The smallest absolute Gasteiger partial charge is 0.253 e. The van der Waals surface area contributed by atoms with Crippen molar-refractivity contribution >= 4 is 33.4 Å². The van der Waals surface area contributed by atoms with Gasteiger partial charge < -0.3 is 5.32 Å². The van der Waals surface area contributed by atoms with Gasteiger partial charge in [0.25, 0.3) is 5.91 Å². The van der Waals surface area contributed by atoms with E-state index in [1.807, 2.05) is 6.07 Å². The molecule has 2 aromatic rings. The molecule has 1 aliphatic rings. The lowest BCUT2D eigenvalue weighted by molar-refractivity contribution is 0.0954. The Balaban J connectivity index is 1.74. The van der Waals surface area contributed by atoms with Gasteiger partial charge in [-0.05, 0) is 74.2 Å². The van der Waals surface area contributed by atoms with Crippen LogP contribution in [0.25, 0.3) is 16.2 Å². The summed E-state index contributed by atoms with van der Waals surface area (Å²) in [6.07, 6.45) is 16.5. The van der Waals surface area contributed by atoms with Crippen molar-refractivity contribution in [2.45, 2.75) is 92.9 Å². The highest BCUT2D eigenvalue weighted by Crippen LogP contribution is 2.41. The third kappa shape index (κ3) is 7.43. The van der Waals surface area contributed by atoms with E-state index in [-0.39, 0.29) is 11.3 Å². The maximum atomic E-state index is 13.3. The molecule has 2 nitrogen and oxygen atoms in total. The summed E-state index contributed by atoms with van der Waals surface area (Å²) < 4.78 is 1.17. The van der Waals surface area contributed by atoms with Crippen molar-refractivity contribution in [2.24, 2.45) is 11.3 Å². The Morgan fingerprint density at radius 3 is 2.71 bits per heavy atom. The van der Waals surface area contributed by atoms with Crippen LogP contribution >= 0.6 is 11.3 Å². The molecular weight excluding hydrogens is 446 g/mol. The molecule has 0 bridgehead atoms. The Morgan fingerprint density at radius 2 is 1.97 bits per heavy atom. The first kappa shape index (κ1) is 27.5. The van der Waals surface area contributed by atoms with Crippen molar-refractivity contribution < 1.29 is 4.79 Å². The van der Waals surface area contributed by atoms with Gasteiger partial charge in [0.05, 0.1) is 5.56 Å². The highest BCUT2D eigenvalue weighted by molar-refractivity contribution is 7.20. The lowest BCUT2D eigenvalue weighted by Crippen LogP contribution is -2.24. The average molecular weight is 492 g/mol. The summed E-state index contributed by atoms with van der Waals surface area (Å²) in [5, 5.41) is 4.26. The summed E-state index contributed by atoms with van der Waals surface area (Å²) in [6, 6.07) is 8.28. The largest absolute Gasteiger partial charge is 0.352 e. The minimum atomic E-state index is 0.0550. The molecule has 0 saturated carbocycles. The van der Waals surface area contributed by atoms with Crippen molar-refractivity contribution in [2.75, 3.05) is 6.54 Å². The molecule has 0 spiro atoms. The molecule has 0 saturated heterocycles. The molecule has 1 unspecified atom stereocenters. The van der Waals surface area contributed by atoms with Crippen molar-refractivity contribution in [3.05, 3.63) is 63.6 Å². The number of benzene rings is 1. The molecule has 3 heteroatoms. The molecule has 3 rings (SSSR count). The number of thiophene rings is 1. The average Bonchev–Trinajstić information content (AvgIpc) is 3.17. The van der Waals surface area contributed by atoms with E-state index in [1.165, 1.54) is 66.4 Å². The van der Waals surface area contributed by atoms with Crippen LogP contribution in [0.2, 0.25) is 0 Å². The van der Waals surface area contributed by atoms with Gasteiger partial charge >= 0.3 is 0 Å². The van der Waals surface area contributed by atoms with Gasteiger partial charge in [-0.2, -0.15) is 0 Å². The lowest BCUT2D eigenvalue weighted by Gasteiger charge is -2.32. The zero-order valence-corrected chi connectivity index (χ0v) is 23.6. The Kier molecular flexibility index (Phi) is 9.98. The Hall–Kier alpha value is -2.13. The number of fused-ring (bicyclic) bond motifs is 1. The molecule has 1 atom stereocenters. The first-order valence-corrected chi connectivity index (χ1v) is 14.4. The first-order chi connectivity index (χ1) is 16.7. The lowest BCUT2D eigenvalue weighted by atomic mass is 9.72. The van der Waals surface area contributed by atoms with Crippen molar-refractivity contribution in [1.29, 1.82) is 0 Å². The summed E-state index contributed by atoms with van der Waals surface area (Å²) in [5.74, 6) is 0.858. The second kappa shape index (κ2) is 12.7. The number of hydrogen-bond donors (Lipinski definition) is 1. The zero-order valence-electron chi connectivity index (χ0n) is 22.8. The van der Waals surface area contributed by atoms with E-state index in [0.29, 0.717) is 0 Å². The van der Waals surface area contributed by atoms with E-state index in [9.17, 15) is 4.79 Å². The van der Waals surface area contributed by atoms with E-state index in [1.54, 1.807) is 11.3 Å². The molecule has 0 fully saturated rings. The molecule has 0 radical (unpaired) electrons. The monoisotopic (exact) mass is 491 g/mol. The number of nitrogens with one attached hydrogen (secondary N) is 1. The van der Waals surface area contributed by atoms with Crippen molar-refractivity contribution in [1.82, 2.24) is 5.32 Å². The van der Waals surface area contributed by atoms with Gasteiger partial charge in [0, 0.05) is 21.5 Å². The third-order valence-corrected chi connectivity index (χ3v) is 8.74. The second-order valence-electron chi connectivity index (χ2n) is 11.1. The number of carbonyl (C=O) groups is 1. The SMILES string of the molecule is CCC(C)CCCCCNC(=O)c1c(C=C(C)C=CC2=C(C)CCCC2(C)C)sc2ccccc12. The Labute approximate surface area is 217 Å². The van der Waals surface area contributed by atoms with Gasteiger partial charge in [-0.3, -0.25) is 4.79 Å². The van der Waals surface area contributed by atoms with Crippen LogP contribution in [-0.4, -0.2) is 12.5 Å². The van der Waals surface area contributed by atoms with Crippen LogP contribution in [0.3, 0.4) is 0 Å². The molecule has 0 aliphatic heterocycles. The van der Waals surface area contributed by atoms with Crippen LogP contribution in [0, 0.1) is 11.3 Å². The molecule has 1 aliphatic carbocycles. The molecular formula is C32H45NOS. The first-order valence-electron chi connectivity index (χ1n) is 13.6. The number of allylic oxidation sites excluding steroid dienone is 5. The number of unbranched alkanes of at least 4 members (excludes halogenated alkanes) is 2. The fourth-order valence-corrected chi connectivity index (χ4v) is 6.38. The molecule has 1 aromatic heterocycles. The van der Waals surface area contributed by atoms with Crippen LogP contribution in [0.15, 0.2) is 53.1 Å². The summed E-state index contributed by atoms with van der Waals surface area (Å²) in [5.41, 5.74) is 5.22. The van der Waals surface area contributed by atoms with Crippen LogP contribution < -0.4 is 5.32 Å². The fraction of sp³-hybridized carbons (Fsp3) is 0.531. The van der Waals surface area contributed by atoms with Crippen LogP contribution in [-0.2, 0) is 0 Å². The fourth-order valence-electron chi connectivity index (χ4n) is 5.17. The molecule has 190 valence electrons. The van der Waals surface area contributed by atoms with E-state index >= 15 is 0 Å². The topological polar surface area (TPSA) is 29.1 Å². The Morgan fingerprint density at radius 1 is 1.20 bits per heavy atom. The highest BCUT2D eigenvalue weighted by atomic mass is 32.1. The molecule has 1 aromatic carbocycles. The van der Waals surface area contributed by atoms with Gasteiger partial charge in [0.15, 0.2) is 0 Å². The predicted octanol–water partition coefficient (Wildman–Crippen LogP) is 9.72. The zero-order chi connectivity index (χ0) is 25.4. The summed E-state index contributed by atoms with van der Waals surface area (Å²) >= 11 is 1.71. The van der Waals surface area contributed by atoms with Crippen LogP contribution in [0.1, 0.15) is 108 Å². The van der Waals surface area contributed by atoms with Crippen molar-refractivity contribution in [3.8, 4) is 0 Å². The minimum Gasteiger partial charge on any atom is -0.352 e. The standard InChI is InChI=1S/C32H45NOS/c1-7-23(2)14-9-8-12-21-33-31(34)30-26-16-10-11-17-28(26)35-29(30)22-24(3)18-19-27-25(4)15-13-20-32(27,5)6/h10-11,16-19,22-23H,7-9,12-15,20-21H2,1-6H3,(H,33,34). The number of amides is 1. The maximum Gasteiger partial charge on any atom is 0.253 e. The maximum absolute atomic E-state index is 13.3. The van der Waals surface area contributed by atoms with Crippen LogP contribution in [0.4, 0.5) is 0 Å². The highest BCUT2D eigenvalue weighted by Gasteiger charge is 2.26. The van der Waals surface area contributed by atoms with Gasteiger partial charge in [0.1, 0.15) is 0 Å². The van der Waals surface area contributed by atoms with Crippen molar-refractivity contribution in [3.63, 3.8) is 0 Å². The second-order valence-corrected chi connectivity index (χ2v) is 12.2. The van der Waals surface area contributed by atoms with E-state index in [4.69, 9.17) is 0 Å². The Bertz CT molecular complexity index is 1100. The normalized spacial score (nSPS) is 17.4. The predicted molar refractivity (Wildman–Crippen MR) is 155 cm³/mol. The number of hydrogen-bond acceptors (Lipinski definition) is 2. The summed E-state index contributed by atoms with van der Waals surface area (Å²) in [7, 11) is 0. The molecule has 1 heterocycles. The summed E-state index contributed by atoms with van der Waals surface area (Å²) in [6.45, 7) is 14.5. The summed E-state index contributed by atoms with van der Waals surface area (Å²) in [4.78, 5) is 14.3. The molecule has 1 amide bonds. The van der Waals surface area contributed by atoms with Gasteiger partial charge in [0.2, 0.25) is 0 Å². The van der Waals surface area contributed by atoms with Crippen LogP contribution in [0.5, 0.6) is 0 Å². The number of carbonyl (C=O) groups excluding carboxylic acids is 1. The molecule has 1 N–H and O–H groups in total. The molecule has 35 heavy (non-hydrogen) atoms. The number of rotatable bonds is 11. The third-order valence-electron chi connectivity index (χ3n) is 7.62. The minimum absolute atomic E-state index is 0.0550. The van der Waals surface area contributed by atoms with Gasteiger partial charge in [-0.15, -0.1) is 11.3 Å².